The number of aliphatic carboxylic acids is 1. The predicted octanol–water partition coefficient (Wildman–Crippen LogP) is 2.18. The summed E-state index contributed by atoms with van der Waals surface area (Å²) in [6.45, 7) is 3.92. The summed E-state index contributed by atoms with van der Waals surface area (Å²) in [6.07, 6.45) is 5.29. The Morgan fingerprint density at radius 1 is 1.42 bits per heavy atom. The molecule has 1 aliphatic rings. The molecule has 0 atom stereocenters. The van der Waals surface area contributed by atoms with Crippen LogP contribution in [0, 0.1) is 6.92 Å². The highest BCUT2D eigenvalue weighted by Gasteiger charge is 2.25. The first kappa shape index (κ1) is 13.8. The van der Waals surface area contributed by atoms with Crippen LogP contribution in [0.4, 0.5) is 5.82 Å². The Morgan fingerprint density at radius 2 is 2.11 bits per heavy atom. The minimum Gasteiger partial charge on any atom is -0.480 e. The lowest BCUT2D eigenvalue weighted by atomic mass is 10.2. The van der Waals surface area contributed by atoms with E-state index in [2.05, 4.69) is 9.97 Å². The van der Waals surface area contributed by atoms with Gasteiger partial charge in [0.2, 0.25) is 0 Å². The maximum atomic E-state index is 11.1. The van der Waals surface area contributed by atoms with Crippen molar-refractivity contribution in [3.05, 3.63) is 17.6 Å². The van der Waals surface area contributed by atoms with Gasteiger partial charge in [-0.25, -0.2) is 9.97 Å². The molecule has 0 saturated heterocycles. The number of carboxylic acids is 1. The molecule has 1 N–H and O–H groups in total. The van der Waals surface area contributed by atoms with Crippen LogP contribution < -0.4 is 4.90 Å². The van der Waals surface area contributed by atoms with E-state index in [9.17, 15) is 4.79 Å². The van der Waals surface area contributed by atoms with Gasteiger partial charge in [-0.3, -0.25) is 4.79 Å². The third kappa shape index (κ3) is 3.43. The molecule has 0 radical (unpaired) electrons. The smallest absolute Gasteiger partial charge is 0.323 e. The summed E-state index contributed by atoms with van der Waals surface area (Å²) in [5.74, 6) is 0.669. The number of anilines is 1. The molecule has 0 aliphatic heterocycles. The van der Waals surface area contributed by atoms with Gasteiger partial charge in [0, 0.05) is 17.8 Å². The Balaban J connectivity index is 2.30. The Labute approximate surface area is 113 Å². The van der Waals surface area contributed by atoms with Gasteiger partial charge in [0.25, 0.3) is 0 Å². The van der Waals surface area contributed by atoms with Crippen molar-refractivity contribution in [3.63, 3.8) is 0 Å². The SMILES string of the molecule is CCc1cc(N(CC(=O)O)C2CCCC2)nc(C)n1. The third-order valence-electron chi connectivity index (χ3n) is 3.61. The Morgan fingerprint density at radius 3 is 2.68 bits per heavy atom. The van der Waals surface area contributed by atoms with Gasteiger partial charge in [-0.05, 0) is 26.2 Å². The first-order chi connectivity index (χ1) is 9.10. The molecule has 0 aromatic carbocycles. The summed E-state index contributed by atoms with van der Waals surface area (Å²) in [5, 5.41) is 9.12. The highest BCUT2D eigenvalue weighted by Crippen LogP contribution is 2.27. The molecule has 19 heavy (non-hydrogen) atoms. The summed E-state index contributed by atoms with van der Waals surface area (Å²) in [7, 11) is 0. The van der Waals surface area contributed by atoms with Crippen molar-refractivity contribution in [1.82, 2.24) is 9.97 Å². The fraction of sp³-hybridized carbons (Fsp3) is 0.643. The van der Waals surface area contributed by atoms with Crippen LogP contribution in [0.3, 0.4) is 0 Å². The maximum Gasteiger partial charge on any atom is 0.323 e. The molecular weight excluding hydrogens is 242 g/mol. The largest absolute Gasteiger partial charge is 0.480 e. The number of hydrogen-bond donors (Lipinski definition) is 1. The average Bonchev–Trinajstić information content (AvgIpc) is 2.88. The Hall–Kier alpha value is -1.65. The Bertz CT molecular complexity index is 456. The molecule has 1 saturated carbocycles. The first-order valence-electron chi connectivity index (χ1n) is 6.93. The fourth-order valence-corrected chi connectivity index (χ4v) is 2.70. The molecule has 0 spiro atoms. The molecule has 2 rings (SSSR count). The molecule has 0 unspecified atom stereocenters. The summed E-state index contributed by atoms with van der Waals surface area (Å²) in [4.78, 5) is 21.8. The fourth-order valence-electron chi connectivity index (χ4n) is 2.70. The van der Waals surface area contributed by atoms with Crippen molar-refractivity contribution in [2.24, 2.45) is 0 Å². The molecule has 1 aromatic rings. The zero-order valence-electron chi connectivity index (χ0n) is 11.6. The topological polar surface area (TPSA) is 66.3 Å². The molecule has 1 fully saturated rings. The van der Waals surface area contributed by atoms with Gasteiger partial charge in [0.15, 0.2) is 0 Å². The van der Waals surface area contributed by atoms with Crippen molar-refractivity contribution in [2.75, 3.05) is 11.4 Å². The molecule has 1 aromatic heterocycles. The number of carbonyl (C=O) groups is 1. The number of aryl methyl sites for hydroxylation is 2. The summed E-state index contributed by atoms with van der Waals surface area (Å²) in [5.41, 5.74) is 0.968. The second-order valence-electron chi connectivity index (χ2n) is 5.08. The van der Waals surface area contributed by atoms with E-state index in [1.54, 1.807) is 0 Å². The monoisotopic (exact) mass is 263 g/mol. The van der Waals surface area contributed by atoms with Crippen LogP contribution in [0.15, 0.2) is 6.07 Å². The summed E-state index contributed by atoms with van der Waals surface area (Å²) in [6, 6.07) is 2.23. The van der Waals surface area contributed by atoms with Gasteiger partial charge in [-0.15, -0.1) is 0 Å². The number of rotatable bonds is 5. The third-order valence-corrected chi connectivity index (χ3v) is 3.61. The minimum absolute atomic E-state index is 0.0181. The van der Waals surface area contributed by atoms with E-state index < -0.39 is 5.97 Å². The molecule has 5 heteroatoms. The van der Waals surface area contributed by atoms with Crippen LogP contribution >= 0.6 is 0 Å². The summed E-state index contributed by atoms with van der Waals surface area (Å²) < 4.78 is 0. The van der Waals surface area contributed by atoms with Crippen molar-refractivity contribution in [3.8, 4) is 0 Å². The van der Waals surface area contributed by atoms with Crippen LogP contribution in [0.25, 0.3) is 0 Å². The number of nitrogens with zero attached hydrogens (tertiary/aromatic N) is 3. The van der Waals surface area contributed by atoms with Gasteiger partial charge in [-0.1, -0.05) is 19.8 Å². The molecule has 5 nitrogen and oxygen atoms in total. The van der Waals surface area contributed by atoms with Gasteiger partial charge < -0.3 is 10.0 Å². The van der Waals surface area contributed by atoms with E-state index >= 15 is 0 Å². The van der Waals surface area contributed by atoms with Crippen molar-refractivity contribution in [1.29, 1.82) is 0 Å². The standard InChI is InChI=1S/C14H21N3O2/c1-3-11-8-13(16-10(2)15-11)17(9-14(18)19)12-6-4-5-7-12/h8,12H,3-7,9H2,1-2H3,(H,18,19). The van der Waals surface area contributed by atoms with Gasteiger partial charge in [-0.2, -0.15) is 0 Å². The van der Waals surface area contributed by atoms with E-state index in [-0.39, 0.29) is 6.54 Å². The molecular formula is C14H21N3O2. The van der Waals surface area contributed by atoms with E-state index in [1.807, 2.05) is 24.8 Å². The molecule has 1 aliphatic carbocycles. The minimum atomic E-state index is -0.804. The zero-order valence-corrected chi connectivity index (χ0v) is 11.6. The summed E-state index contributed by atoms with van der Waals surface area (Å²) >= 11 is 0. The average molecular weight is 263 g/mol. The molecule has 0 bridgehead atoms. The van der Waals surface area contributed by atoms with Crippen LogP contribution in [-0.4, -0.2) is 33.6 Å². The number of aromatic nitrogens is 2. The van der Waals surface area contributed by atoms with Crippen LogP contribution in [0.5, 0.6) is 0 Å². The van der Waals surface area contributed by atoms with Gasteiger partial charge in [0.05, 0.1) is 0 Å². The van der Waals surface area contributed by atoms with E-state index in [1.165, 1.54) is 12.8 Å². The molecule has 0 amide bonds. The van der Waals surface area contributed by atoms with Crippen LogP contribution in [0.1, 0.15) is 44.1 Å². The van der Waals surface area contributed by atoms with Crippen molar-refractivity contribution >= 4 is 11.8 Å². The van der Waals surface area contributed by atoms with Gasteiger partial charge >= 0.3 is 5.97 Å². The van der Waals surface area contributed by atoms with Gasteiger partial charge in [0.1, 0.15) is 18.2 Å². The molecule has 104 valence electrons. The second kappa shape index (κ2) is 5.99. The quantitative estimate of drug-likeness (QED) is 0.882. The maximum absolute atomic E-state index is 11.1. The number of hydrogen-bond acceptors (Lipinski definition) is 4. The van der Waals surface area contributed by atoms with Crippen LogP contribution in [0.2, 0.25) is 0 Å². The lowest BCUT2D eigenvalue weighted by Gasteiger charge is -2.28. The molecule has 1 heterocycles. The van der Waals surface area contributed by atoms with Crippen molar-refractivity contribution in [2.45, 2.75) is 52.0 Å². The van der Waals surface area contributed by atoms with Crippen molar-refractivity contribution < 1.29 is 9.90 Å². The van der Waals surface area contributed by atoms with Crippen LogP contribution in [-0.2, 0) is 11.2 Å². The highest BCUT2D eigenvalue weighted by molar-refractivity contribution is 5.73. The normalized spacial score (nSPS) is 15.7. The van der Waals surface area contributed by atoms with E-state index in [0.29, 0.717) is 11.9 Å². The predicted molar refractivity (Wildman–Crippen MR) is 73.4 cm³/mol. The Kier molecular flexibility index (Phi) is 4.35. The van der Waals surface area contributed by atoms with E-state index in [4.69, 9.17) is 5.11 Å². The lowest BCUT2D eigenvalue weighted by molar-refractivity contribution is -0.135. The zero-order chi connectivity index (χ0) is 13.8. The van der Waals surface area contributed by atoms with E-state index in [0.717, 1.165) is 30.8 Å². The highest BCUT2D eigenvalue weighted by atomic mass is 16.4. The lowest BCUT2D eigenvalue weighted by Crippen LogP contribution is -2.38. The second-order valence-corrected chi connectivity index (χ2v) is 5.08. The first-order valence-corrected chi connectivity index (χ1v) is 6.93. The number of carboxylic acid groups (broad SMARTS) is 1.